The second kappa shape index (κ2) is 9.46. The second-order valence-corrected chi connectivity index (χ2v) is 6.48. The fourth-order valence-electron chi connectivity index (χ4n) is 2.37. The highest BCUT2D eigenvalue weighted by atomic mass is 35.5. The summed E-state index contributed by atoms with van der Waals surface area (Å²) in [4.78, 5) is 23.9. The Bertz CT molecular complexity index is 809. The molecule has 0 aliphatic rings. The maximum atomic E-state index is 12.1. The van der Waals surface area contributed by atoms with Crippen molar-refractivity contribution in [3.8, 4) is 5.75 Å². The van der Waals surface area contributed by atoms with Gasteiger partial charge in [-0.15, -0.1) is 0 Å². The molecular weight excluding hydrogens is 375 g/mol. The van der Waals surface area contributed by atoms with Crippen molar-refractivity contribution in [2.75, 3.05) is 19.0 Å². The number of nitrogens with one attached hydrogen (secondary N) is 2. The van der Waals surface area contributed by atoms with Crippen molar-refractivity contribution in [3.63, 3.8) is 0 Å². The number of carbonyl (C=O) groups excluding carboxylic acids is 2. The summed E-state index contributed by atoms with van der Waals surface area (Å²) < 4.78 is 5.56. The first-order valence-corrected chi connectivity index (χ1v) is 8.87. The minimum Gasteiger partial charge on any atom is -0.492 e. The Labute approximate surface area is 162 Å². The fraction of sp³-hybridized carbons (Fsp3) is 0.263. The van der Waals surface area contributed by atoms with Crippen LogP contribution in [0.5, 0.6) is 5.75 Å². The molecule has 0 fully saturated rings. The zero-order valence-corrected chi connectivity index (χ0v) is 16.1. The van der Waals surface area contributed by atoms with Gasteiger partial charge in [-0.3, -0.25) is 9.59 Å². The minimum absolute atomic E-state index is 0.145. The van der Waals surface area contributed by atoms with Crippen LogP contribution in [-0.4, -0.2) is 25.5 Å². The molecule has 2 rings (SSSR count). The Morgan fingerprint density at radius 3 is 2.62 bits per heavy atom. The Balaban J connectivity index is 1.85. The predicted molar refractivity (Wildman–Crippen MR) is 104 cm³/mol. The van der Waals surface area contributed by atoms with Gasteiger partial charge in [0.15, 0.2) is 0 Å². The van der Waals surface area contributed by atoms with Crippen molar-refractivity contribution in [2.24, 2.45) is 0 Å². The first kappa shape index (κ1) is 20.1. The van der Waals surface area contributed by atoms with Crippen molar-refractivity contribution in [1.82, 2.24) is 5.32 Å². The van der Waals surface area contributed by atoms with Gasteiger partial charge in [0, 0.05) is 29.7 Å². The topological polar surface area (TPSA) is 67.4 Å². The van der Waals surface area contributed by atoms with E-state index in [1.807, 2.05) is 0 Å². The van der Waals surface area contributed by atoms with E-state index in [1.165, 1.54) is 0 Å². The lowest BCUT2D eigenvalue weighted by Crippen LogP contribution is -2.20. The molecule has 0 radical (unpaired) electrons. The number of hydrogen-bond acceptors (Lipinski definition) is 3. The van der Waals surface area contributed by atoms with Crippen LogP contribution < -0.4 is 15.4 Å². The van der Waals surface area contributed by atoms with Crippen molar-refractivity contribution < 1.29 is 14.3 Å². The molecule has 138 valence electrons. The van der Waals surface area contributed by atoms with Crippen molar-refractivity contribution >= 4 is 40.7 Å². The first-order valence-electron chi connectivity index (χ1n) is 8.11. The number of anilines is 1. The number of amides is 2. The predicted octanol–water partition coefficient (Wildman–Crippen LogP) is 4.46. The molecule has 0 aliphatic carbocycles. The molecule has 0 heterocycles. The van der Waals surface area contributed by atoms with Gasteiger partial charge < -0.3 is 15.4 Å². The Kier molecular flexibility index (Phi) is 7.30. The summed E-state index contributed by atoms with van der Waals surface area (Å²) >= 11 is 11.9. The van der Waals surface area contributed by atoms with E-state index in [4.69, 9.17) is 27.9 Å². The quantitative estimate of drug-likeness (QED) is 0.681. The molecule has 0 saturated carbocycles. The Hall–Kier alpha value is -2.24. The van der Waals surface area contributed by atoms with Crippen LogP contribution in [0.25, 0.3) is 0 Å². The number of ether oxygens (including phenoxy) is 1. The van der Waals surface area contributed by atoms with Crippen LogP contribution in [0.2, 0.25) is 10.0 Å². The third-order valence-corrected chi connectivity index (χ3v) is 4.31. The van der Waals surface area contributed by atoms with Crippen LogP contribution in [0, 0.1) is 6.92 Å². The Morgan fingerprint density at radius 2 is 1.92 bits per heavy atom. The molecule has 0 saturated heterocycles. The highest BCUT2D eigenvalue weighted by Gasteiger charge is 2.12. The van der Waals surface area contributed by atoms with Gasteiger partial charge in [-0.2, -0.15) is 0 Å². The van der Waals surface area contributed by atoms with Gasteiger partial charge in [0.25, 0.3) is 5.91 Å². The summed E-state index contributed by atoms with van der Waals surface area (Å²) in [7, 11) is 1.57. The lowest BCUT2D eigenvalue weighted by molar-refractivity contribution is -0.116. The van der Waals surface area contributed by atoms with Gasteiger partial charge in [0.2, 0.25) is 5.91 Å². The molecule has 0 atom stereocenters. The summed E-state index contributed by atoms with van der Waals surface area (Å²) in [6, 6.07) is 10.2. The summed E-state index contributed by atoms with van der Waals surface area (Å²) in [6.07, 6.45) is 0.813. The van der Waals surface area contributed by atoms with Gasteiger partial charge in [-0.25, -0.2) is 0 Å². The van der Waals surface area contributed by atoms with Crippen LogP contribution in [0.15, 0.2) is 36.4 Å². The van der Waals surface area contributed by atoms with E-state index in [9.17, 15) is 9.59 Å². The molecule has 0 aromatic heterocycles. The maximum absolute atomic E-state index is 12.1. The average Bonchev–Trinajstić information content (AvgIpc) is 2.61. The third-order valence-electron chi connectivity index (χ3n) is 3.78. The van der Waals surface area contributed by atoms with E-state index in [0.29, 0.717) is 40.1 Å². The molecule has 2 aromatic carbocycles. The number of benzene rings is 2. The number of rotatable bonds is 7. The zero-order valence-electron chi connectivity index (χ0n) is 14.6. The van der Waals surface area contributed by atoms with Crippen LogP contribution in [0.3, 0.4) is 0 Å². The largest absolute Gasteiger partial charge is 0.492 e. The summed E-state index contributed by atoms with van der Waals surface area (Å²) in [6.45, 7) is 2.15. The van der Waals surface area contributed by atoms with Gasteiger partial charge in [-0.1, -0.05) is 29.3 Å². The fourth-order valence-corrected chi connectivity index (χ4v) is 2.83. The maximum Gasteiger partial charge on any atom is 0.251 e. The molecule has 0 spiro atoms. The summed E-state index contributed by atoms with van der Waals surface area (Å²) in [5.74, 6) is 0.199. The third kappa shape index (κ3) is 5.38. The average molecular weight is 395 g/mol. The molecule has 7 heteroatoms. The smallest absolute Gasteiger partial charge is 0.251 e. The van der Waals surface area contributed by atoms with Crippen LogP contribution in [0.4, 0.5) is 5.69 Å². The molecular formula is C19H20Cl2N2O3. The van der Waals surface area contributed by atoms with Crippen molar-refractivity contribution in [1.29, 1.82) is 0 Å². The van der Waals surface area contributed by atoms with Crippen LogP contribution >= 0.6 is 23.2 Å². The summed E-state index contributed by atoms with van der Waals surface area (Å²) in [5, 5.41) is 6.38. The molecule has 2 N–H and O–H groups in total. The highest BCUT2D eigenvalue weighted by molar-refractivity contribution is 6.35. The van der Waals surface area contributed by atoms with E-state index in [-0.39, 0.29) is 18.2 Å². The van der Waals surface area contributed by atoms with Crippen LogP contribution in [0.1, 0.15) is 28.8 Å². The molecule has 0 bridgehead atoms. The molecule has 2 aromatic rings. The normalized spacial score (nSPS) is 10.3. The number of halogens is 2. The number of hydrogen-bond donors (Lipinski definition) is 2. The Morgan fingerprint density at radius 1 is 1.15 bits per heavy atom. The highest BCUT2D eigenvalue weighted by Crippen LogP contribution is 2.27. The molecule has 0 aliphatic heterocycles. The lowest BCUT2D eigenvalue weighted by atomic mass is 10.1. The SMILES string of the molecule is CNC(=O)c1cccc(NC(=O)CCCOc2ccc(Cl)cc2Cl)c1C. The lowest BCUT2D eigenvalue weighted by Gasteiger charge is -2.12. The monoisotopic (exact) mass is 394 g/mol. The first-order chi connectivity index (χ1) is 12.4. The van der Waals surface area contributed by atoms with Gasteiger partial charge in [-0.05, 0) is 49.2 Å². The van der Waals surface area contributed by atoms with Gasteiger partial charge in [0.1, 0.15) is 5.75 Å². The van der Waals surface area contributed by atoms with Crippen molar-refractivity contribution in [3.05, 3.63) is 57.6 Å². The van der Waals surface area contributed by atoms with E-state index < -0.39 is 0 Å². The van der Waals surface area contributed by atoms with Crippen molar-refractivity contribution in [2.45, 2.75) is 19.8 Å². The standard InChI is InChI=1S/C19H20Cl2N2O3/c1-12-14(19(25)22-2)5-3-6-16(12)23-18(24)7-4-10-26-17-9-8-13(20)11-15(17)21/h3,5-6,8-9,11H,4,7,10H2,1-2H3,(H,22,25)(H,23,24). The minimum atomic E-state index is -0.188. The van der Waals surface area contributed by atoms with E-state index >= 15 is 0 Å². The number of carbonyl (C=O) groups is 2. The molecule has 0 unspecified atom stereocenters. The molecule has 26 heavy (non-hydrogen) atoms. The van der Waals surface area contributed by atoms with E-state index in [1.54, 1.807) is 50.4 Å². The molecule has 5 nitrogen and oxygen atoms in total. The molecule has 2 amide bonds. The van der Waals surface area contributed by atoms with E-state index in [2.05, 4.69) is 10.6 Å². The second-order valence-electron chi connectivity index (χ2n) is 5.63. The van der Waals surface area contributed by atoms with E-state index in [0.717, 1.165) is 5.56 Å². The van der Waals surface area contributed by atoms with Gasteiger partial charge in [0.05, 0.1) is 11.6 Å². The zero-order chi connectivity index (χ0) is 19.1. The van der Waals surface area contributed by atoms with Crippen LogP contribution in [-0.2, 0) is 4.79 Å². The van der Waals surface area contributed by atoms with Gasteiger partial charge >= 0.3 is 0 Å². The summed E-state index contributed by atoms with van der Waals surface area (Å²) in [5.41, 5.74) is 1.88.